The number of nitrogens with one attached hydrogen (secondary N) is 3. The Kier molecular flexibility index (Phi) is 5.72. The molecule has 34 heavy (non-hydrogen) atoms. The highest BCUT2D eigenvalue weighted by atomic mass is 32.2. The Morgan fingerprint density at radius 2 is 1.59 bits per heavy atom. The Balaban J connectivity index is 1.28. The molecular formula is C23H20N4O5S2. The first-order valence-electron chi connectivity index (χ1n) is 10.3. The summed E-state index contributed by atoms with van der Waals surface area (Å²) in [5.74, 6) is 1.22. The Bertz CT molecular complexity index is 1480. The zero-order valence-corrected chi connectivity index (χ0v) is 19.6. The molecule has 0 saturated heterocycles. The van der Waals surface area contributed by atoms with Crippen molar-refractivity contribution in [1.29, 1.82) is 0 Å². The van der Waals surface area contributed by atoms with Crippen LogP contribution in [0.4, 0.5) is 21.3 Å². The summed E-state index contributed by atoms with van der Waals surface area (Å²) in [6.45, 7) is 2.84. The van der Waals surface area contributed by atoms with Crippen LogP contribution in [0.25, 0.3) is 10.2 Å². The normalized spacial score (nSPS) is 12.9. The van der Waals surface area contributed by atoms with E-state index in [1.54, 1.807) is 60.7 Å². The number of carbonyl (C=O) groups excluding carboxylic acids is 1. The average Bonchev–Trinajstić information content (AvgIpc) is 3.20. The number of rotatable bonds is 5. The number of anilines is 3. The monoisotopic (exact) mass is 496 g/mol. The number of aromatic nitrogens is 1. The third kappa shape index (κ3) is 4.75. The van der Waals surface area contributed by atoms with Crippen molar-refractivity contribution in [3.05, 3.63) is 66.2 Å². The van der Waals surface area contributed by atoms with Crippen LogP contribution >= 0.6 is 11.3 Å². The Hall–Kier alpha value is -3.83. The van der Waals surface area contributed by atoms with E-state index in [0.29, 0.717) is 41.6 Å². The predicted molar refractivity (Wildman–Crippen MR) is 132 cm³/mol. The van der Waals surface area contributed by atoms with Gasteiger partial charge < -0.3 is 20.1 Å². The van der Waals surface area contributed by atoms with Gasteiger partial charge in [0.2, 0.25) is 0 Å². The van der Waals surface area contributed by atoms with Gasteiger partial charge >= 0.3 is 6.03 Å². The zero-order valence-electron chi connectivity index (χ0n) is 18.0. The molecule has 3 aromatic carbocycles. The molecule has 0 spiro atoms. The summed E-state index contributed by atoms with van der Waals surface area (Å²) >= 11 is 1.18. The van der Waals surface area contributed by atoms with E-state index in [0.717, 1.165) is 10.3 Å². The summed E-state index contributed by atoms with van der Waals surface area (Å²) in [6, 6.07) is 16.5. The number of sulfonamides is 1. The zero-order chi connectivity index (χ0) is 23.7. The quantitative estimate of drug-likeness (QED) is 0.365. The van der Waals surface area contributed by atoms with Crippen molar-refractivity contribution in [2.45, 2.75) is 11.8 Å². The number of aryl methyl sites for hydroxylation is 1. The van der Waals surface area contributed by atoms with Crippen LogP contribution in [0.1, 0.15) is 5.56 Å². The van der Waals surface area contributed by atoms with Crippen LogP contribution < -0.4 is 24.8 Å². The fourth-order valence-corrected chi connectivity index (χ4v) is 5.49. The molecule has 3 N–H and O–H groups in total. The first kappa shape index (κ1) is 22.0. The molecule has 174 valence electrons. The van der Waals surface area contributed by atoms with Gasteiger partial charge in [0.1, 0.15) is 13.2 Å². The molecule has 2 amide bonds. The molecule has 0 unspecified atom stereocenters. The van der Waals surface area contributed by atoms with Crippen molar-refractivity contribution >= 4 is 54.1 Å². The molecule has 0 saturated carbocycles. The number of thiazole rings is 1. The van der Waals surface area contributed by atoms with E-state index >= 15 is 0 Å². The average molecular weight is 497 g/mol. The Morgan fingerprint density at radius 3 is 2.35 bits per heavy atom. The lowest BCUT2D eigenvalue weighted by Crippen LogP contribution is -2.20. The number of hydrogen-bond donors (Lipinski definition) is 3. The number of urea groups is 1. The summed E-state index contributed by atoms with van der Waals surface area (Å²) in [5.41, 5.74) is 2.69. The minimum Gasteiger partial charge on any atom is -0.486 e. The maximum Gasteiger partial charge on any atom is 0.323 e. The van der Waals surface area contributed by atoms with E-state index in [1.807, 2.05) is 6.92 Å². The third-order valence-corrected chi connectivity index (χ3v) is 7.42. The molecule has 0 atom stereocenters. The number of fused-ring (bicyclic) bond motifs is 2. The van der Waals surface area contributed by atoms with Crippen molar-refractivity contribution in [3.63, 3.8) is 0 Å². The summed E-state index contributed by atoms with van der Waals surface area (Å²) in [7, 11) is -3.75. The maximum atomic E-state index is 12.6. The van der Waals surface area contributed by atoms with Gasteiger partial charge in [-0.15, -0.1) is 0 Å². The van der Waals surface area contributed by atoms with Gasteiger partial charge in [-0.05, 0) is 49.4 Å². The fourth-order valence-electron chi connectivity index (χ4n) is 3.35. The van der Waals surface area contributed by atoms with Crippen molar-refractivity contribution in [2.75, 3.05) is 28.6 Å². The highest BCUT2D eigenvalue weighted by molar-refractivity contribution is 7.93. The second-order valence-electron chi connectivity index (χ2n) is 7.56. The highest BCUT2D eigenvalue weighted by Crippen LogP contribution is 2.33. The first-order valence-corrected chi connectivity index (χ1v) is 12.6. The molecule has 0 aliphatic carbocycles. The molecule has 1 aromatic heterocycles. The van der Waals surface area contributed by atoms with Crippen molar-refractivity contribution in [2.24, 2.45) is 0 Å². The van der Waals surface area contributed by atoms with Crippen molar-refractivity contribution < 1.29 is 22.7 Å². The van der Waals surface area contributed by atoms with Gasteiger partial charge in [-0.1, -0.05) is 29.0 Å². The van der Waals surface area contributed by atoms with Gasteiger partial charge in [0.25, 0.3) is 10.0 Å². The number of hydrogen-bond acceptors (Lipinski definition) is 7. The third-order valence-electron chi connectivity index (χ3n) is 5.00. The molecule has 5 rings (SSSR count). The van der Waals surface area contributed by atoms with Crippen LogP contribution in [-0.4, -0.2) is 32.6 Å². The van der Waals surface area contributed by atoms with Gasteiger partial charge in [0.15, 0.2) is 16.6 Å². The molecule has 1 aliphatic rings. The Morgan fingerprint density at radius 1 is 0.912 bits per heavy atom. The predicted octanol–water partition coefficient (Wildman–Crippen LogP) is 4.82. The highest BCUT2D eigenvalue weighted by Gasteiger charge is 2.17. The van der Waals surface area contributed by atoms with Crippen molar-refractivity contribution in [3.8, 4) is 11.5 Å². The smallest absolute Gasteiger partial charge is 0.323 e. The minimum absolute atomic E-state index is 0.163. The number of carbonyl (C=O) groups is 1. The molecule has 4 aromatic rings. The van der Waals surface area contributed by atoms with Gasteiger partial charge in [-0.25, -0.2) is 18.2 Å². The van der Waals surface area contributed by atoms with Crippen LogP contribution in [0.5, 0.6) is 11.5 Å². The van der Waals surface area contributed by atoms with Gasteiger partial charge in [0.05, 0.1) is 15.1 Å². The van der Waals surface area contributed by atoms with E-state index in [4.69, 9.17) is 9.47 Å². The Labute approximate surface area is 199 Å². The largest absolute Gasteiger partial charge is 0.486 e. The van der Waals surface area contributed by atoms with E-state index in [1.165, 1.54) is 11.3 Å². The second-order valence-corrected chi connectivity index (χ2v) is 10.3. The molecule has 0 fully saturated rings. The standard InChI is InChI=1S/C23H20N4O5S2/c1-14-2-6-17(7-3-14)34(29,30)27-23-26-18-8-4-16(13-21(18)33-23)25-22(28)24-15-5-9-19-20(12-15)32-11-10-31-19/h2-9,12-13H,10-11H2,1H3,(H,26,27)(H2,24,25,28). The van der Waals surface area contributed by atoms with E-state index in [2.05, 4.69) is 20.3 Å². The number of nitrogens with zero attached hydrogens (tertiary/aromatic N) is 1. The first-order chi connectivity index (χ1) is 16.4. The SMILES string of the molecule is Cc1ccc(S(=O)(=O)Nc2nc3ccc(NC(=O)Nc4ccc5c(c4)OCCO5)cc3s2)cc1. The molecule has 11 heteroatoms. The van der Waals surface area contributed by atoms with Gasteiger partial charge in [-0.3, -0.25) is 4.72 Å². The van der Waals surface area contributed by atoms with E-state index in [-0.39, 0.29) is 10.0 Å². The summed E-state index contributed by atoms with van der Waals surface area (Å²) in [4.78, 5) is 17.0. The molecular weight excluding hydrogens is 476 g/mol. The van der Waals surface area contributed by atoms with Crippen LogP contribution in [-0.2, 0) is 10.0 Å². The topological polar surface area (TPSA) is 119 Å². The van der Waals surface area contributed by atoms with Crippen LogP contribution in [0.3, 0.4) is 0 Å². The lowest BCUT2D eigenvalue weighted by molar-refractivity contribution is 0.171. The van der Waals surface area contributed by atoms with Crippen LogP contribution in [0, 0.1) is 6.92 Å². The fraction of sp³-hybridized carbons (Fsp3) is 0.130. The molecule has 2 heterocycles. The number of amides is 2. The number of ether oxygens (including phenoxy) is 2. The molecule has 9 nitrogen and oxygen atoms in total. The lowest BCUT2D eigenvalue weighted by atomic mass is 10.2. The summed E-state index contributed by atoms with van der Waals surface area (Å²) in [6.07, 6.45) is 0. The van der Waals surface area contributed by atoms with Crippen LogP contribution in [0.15, 0.2) is 65.6 Å². The maximum absolute atomic E-state index is 12.6. The summed E-state index contributed by atoms with van der Waals surface area (Å²) < 4.78 is 39.5. The van der Waals surface area contributed by atoms with Gasteiger partial charge in [0, 0.05) is 17.4 Å². The molecule has 0 radical (unpaired) electrons. The van der Waals surface area contributed by atoms with Crippen LogP contribution in [0.2, 0.25) is 0 Å². The molecule has 1 aliphatic heterocycles. The van der Waals surface area contributed by atoms with Crippen molar-refractivity contribution in [1.82, 2.24) is 4.98 Å². The number of benzene rings is 3. The second kappa shape index (κ2) is 8.84. The lowest BCUT2D eigenvalue weighted by Gasteiger charge is -2.19. The minimum atomic E-state index is -3.75. The summed E-state index contributed by atoms with van der Waals surface area (Å²) in [5, 5.41) is 5.77. The van der Waals surface area contributed by atoms with Gasteiger partial charge in [-0.2, -0.15) is 0 Å². The molecule has 0 bridgehead atoms. The van der Waals surface area contributed by atoms with E-state index < -0.39 is 16.1 Å². The van der Waals surface area contributed by atoms with E-state index in [9.17, 15) is 13.2 Å².